The molecule has 0 spiro atoms. The summed E-state index contributed by atoms with van der Waals surface area (Å²) in [5, 5.41) is 3.36. The number of para-hydroxylation sites is 1. The van der Waals surface area contributed by atoms with Crippen LogP contribution in [0, 0.1) is 0 Å². The van der Waals surface area contributed by atoms with Gasteiger partial charge in [0.05, 0.1) is 13.5 Å². The predicted molar refractivity (Wildman–Crippen MR) is 111 cm³/mol. The van der Waals surface area contributed by atoms with Crippen molar-refractivity contribution in [3.8, 4) is 5.75 Å². The number of halogens is 1. The van der Waals surface area contributed by atoms with Crippen molar-refractivity contribution in [1.29, 1.82) is 0 Å². The first-order valence-corrected chi connectivity index (χ1v) is 9.65. The molecule has 5 nitrogen and oxygen atoms in total. The van der Waals surface area contributed by atoms with E-state index in [9.17, 15) is 9.59 Å². The van der Waals surface area contributed by atoms with E-state index in [1.165, 1.54) is 7.11 Å². The van der Waals surface area contributed by atoms with Crippen LogP contribution in [0.5, 0.6) is 5.75 Å². The monoisotopic (exact) mass is 403 g/mol. The average Bonchev–Trinajstić information content (AvgIpc) is 2.67. The molecule has 2 rings (SSSR count). The molecule has 0 saturated carbocycles. The number of carbonyl (C=O) groups excluding carboxylic acids is 2. The minimum Gasteiger partial charge on any atom is -0.496 e. The lowest BCUT2D eigenvalue weighted by Gasteiger charge is -2.18. The van der Waals surface area contributed by atoms with Crippen LogP contribution in [0.25, 0.3) is 0 Å². The fourth-order valence-corrected chi connectivity index (χ4v) is 3.02. The summed E-state index contributed by atoms with van der Waals surface area (Å²) >= 11 is 5.98. The van der Waals surface area contributed by atoms with Gasteiger partial charge in [0, 0.05) is 16.3 Å². The van der Waals surface area contributed by atoms with Gasteiger partial charge in [0.15, 0.2) is 6.10 Å². The van der Waals surface area contributed by atoms with Crippen LogP contribution in [0.15, 0.2) is 42.5 Å². The summed E-state index contributed by atoms with van der Waals surface area (Å²) in [4.78, 5) is 24.8. The predicted octanol–water partition coefficient (Wildman–Crippen LogP) is 4.98. The van der Waals surface area contributed by atoms with E-state index in [0.29, 0.717) is 22.3 Å². The summed E-state index contributed by atoms with van der Waals surface area (Å²) in [5.41, 5.74) is 2.40. The van der Waals surface area contributed by atoms with E-state index < -0.39 is 12.1 Å². The maximum absolute atomic E-state index is 12.5. The Kier molecular flexibility index (Phi) is 7.88. The van der Waals surface area contributed by atoms with Crippen LogP contribution >= 0.6 is 11.6 Å². The molecule has 2 atom stereocenters. The molecule has 1 amide bonds. The highest BCUT2D eigenvalue weighted by atomic mass is 35.5. The van der Waals surface area contributed by atoms with Gasteiger partial charge in [-0.2, -0.15) is 0 Å². The molecule has 150 valence electrons. The van der Waals surface area contributed by atoms with E-state index in [2.05, 4.69) is 19.2 Å². The Labute approximate surface area is 171 Å². The molecule has 0 saturated heterocycles. The maximum atomic E-state index is 12.5. The van der Waals surface area contributed by atoms with Gasteiger partial charge < -0.3 is 14.8 Å². The molecule has 0 bridgehead atoms. The van der Waals surface area contributed by atoms with Crippen molar-refractivity contribution in [1.82, 2.24) is 0 Å². The normalized spacial score (nSPS) is 12.8. The second-order valence-electron chi connectivity index (χ2n) is 6.65. The molecule has 28 heavy (non-hydrogen) atoms. The summed E-state index contributed by atoms with van der Waals surface area (Å²) in [7, 11) is 1.52. The Balaban J connectivity index is 2.01. The van der Waals surface area contributed by atoms with Crippen molar-refractivity contribution in [2.24, 2.45) is 0 Å². The van der Waals surface area contributed by atoms with E-state index >= 15 is 0 Å². The zero-order valence-electron chi connectivity index (χ0n) is 16.6. The molecule has 0 heterocycles. The Morgan fingerprint density at radius 3 is 2.54 bits per heavy atom. The summed E-state index contributed by atoms with van der Waals surface area (Å²) in [6.45, 7) is 5.75. The average molecular weight is 404 g/mol. The van der Waals surface area contributed by atoms with Gasteiger partial charge in [-0.05, 0) is 49.1 Å². The molecule has 0 unspecified atom stereocenters. The highest BCUT2D eigenvalue weighted by Crippen LogP contribution is 2.27. The Bertz CT molecular complexity index is 837. The van der Waals surface area contributed by atoms with Gasteiger partial charge in [-0.25, -0.2) is 0 Å². The molecule has 0 fully saturated rings. The highest BCUT2D eigenvalue weighted by Gasteiger charge is 2.21. The largest absolute Gasteiger partial charge is 0.496 e. The second-order valence-corrected chi connectivity index (χ2v) is 7.09. The number of nitrogens with one attached hydrogen (secondary N) is 1. The van der Waals surface area contributed by atoms with Crippen molar-refractivity contribution in [3.63, 3.8) is 0 Å². The van der Waals surface area contributed by atoms with Crippen molar-refractivity contribution >= 4 is 29.2 Å². The van der Waals surface area contributed by atoms with Gasteiger partial charge in [-0.1, -0.05) is 43.6 Å². The van der Waals surface area contributed by atoms with Crippen molar-refractivity contribution in [3.05, 3.63) is 58.6 Å². The fraction of sp³-hybridized carbons (Fsp3) is 0.364. The Hall–Kier alpha value is -2.53. The van der Waals surface area contributed by atoms with Gasteiger partial charge in [0.2, 0.25) is 0 Å². The van der Waals surface area contributed by atoms with E-state index in [1.54, 1.807) is 25.1 Å². The number of methoxy groups -OCH3 is 1. The number of ether oxygens (including phenoxy) is 2. The number of hydrogen-bond donors (Lipinski definition) is 1. The zero-order chi connectivity index (χ0) is 20.7. The highest BCUT2D eigenvalue weighted by molar-refractivity contribution is 6.30. The standard InChI is InChI=1S/C22H26ClNO4/c1-5-14(2)18-8-6-7-9-19(18)24-22(26)15(3)28-21(25)13-16-12-17(23)10-11-20(16)27-4/h6-12,14-15H,5,13H2,1-4H3,(H,24,26)/t14-,15+/m0/s1. The fourth-order valence-electron chi connectivity index (χ4n) is 2.83. The first-order valence-electron chi connectivity index (χ1n) is 9.27. The van der Waals surface area contributed by atoms with Gasteiger partial charge in [-0.3, -0.25) is 9.59 Å². The smallest absolute Gasteiger partial charge is 0.311 e. The van der Waals surface area contributed by atoms with Crippen molar-refractivity contribution < 1.29 is 19.1 Å². The summed E-state index contributed by atoms with van der Waals surface area (Å²) < 4.78 is 10.5. The number of amides is 1. The van der Waals surface area contributed by atoms with Gasteiger partial charge in [-0.15, -0.1) is 0 Å². The van der Waals surface area contributed by atoms with Crippen LogP contribution < -0.4 is 10.1 Å². The van der Waals surface area contributed by atoms with Gasteiger partial charge in [0.1, 0.15) is 5.75 Å². The van der Waals surface area contributed by atoms with Crippen LogP contribution in [-0.4, -0.2) is 25.1 Å². The van der Waals surface area contributed by atoms with E-state index in [1.807, 2.05) is 24.3 Å². The molecule has 0 aliphatic rings. The molecular formula is C22H26ClNO4. The maximum Gasteiger partial charge on any atom is 0.311 e. The van der Waals surface area contributed by atoms with Crippen molar-refractivity contribution in [2.75, 3.05) is 12.4 Å². The van der Waals surface area contributed by atoms with Gasteiger partial charge in [0.25, 0.3) is 5.91 Å². The van der Waals surface area contributed by atoms with Crippen molar-refractivity contribution in [2.45, 2.75) is 45.6 Å². The molecular weight excluding hydrogens is 378 g/mol. The summed E-state index contributed by atoms with van der Waals surface area (Å²) in [5.74, 6) is -0.0498. The van der Waals surface area contributed by atoms with E-state index in [4.69, 9.17) is 21.1 Å². The number of rotatable bonds is 8. The minimum absolute atomic E-state index is 0.0369. The third kappa shape index (κ3) is 5.73. The number of benzene rings is 2. The van der Waals surface area contributed by atoms with Crippen LogP contribution in [0.1, 0.15) is 44.2 Å². The number of esters is 1. The molecule has 6 heteroatoms. The van der Waals surface area contributed by atoms with Gasteiger partial charge >= 0.3 is 5.97 Å². The van der Waals surface area contributed by atoms with Crippen LogP contribution in [0.4, 0.5) is 5.69 Å². The molecule has 0 aliphatic carbocycles. The third-order valence-corrected chi connectivity index (χ3v) is 4.85. The zero-order valence-corrected chi connectivity index (χ0v) is 17.4. The van der Waals surface area contributed by atoms with Crippen LogP contribution in [0.3, 0.4) is 0 Å². The van der Waals surface area contributed by atoms with Crippen LogP contribution in [0.2, 0.25) is 5.02 Å². The van der Waals surface area contributed by atoms with Crippen LogP contribution in [-0.2, 0) is 20.7 Å². The second kappa shape index (κ2) is 10.1. The van der Waals surface area contributed by atoms with E-state index in [-0.39, 0.29) is 12.3 Å². The summed E-state index contributed by atoms with van der Waals surface area (Å²) in [6, 6.07) is 12.7. The quantitative estimate of drug-likeness (QED) is 0.631. The molecule has 2 aromatic rings. The lowest BCUT2D eigenvalue weighted by molar-refractivity contribution is -0.152. The topological polar surface area (TPSA) is 64.6 Å². The molecule has 0 aliphatic heterocycles. The third-order valence-electron chi connectivity index (χ3n) is 4.62. The first kappa shape index (κ1) is 21.8. The lowest BCUT2D eigenvalue weighted by atomic mass is 9.97. The number of anilines is 1. The summed E-state index contributed by atoms with van der Waals surface area (Å²) in [6.07, 6.45) is -0.00775. The molecule has 0 aromatic heterocycles. The van der Waals surface area contributed by atoms with E-state index in [0.717, 1.165) is 17.7 Å². The Morgan fingerprint density at radius 2 is 1.86 bits per heavy atom. The minimum atomic E-state index is -0.928. The SMILES string of the molecule is CC[C@H](C)c1ccccc1NC(=O)[C@@H](C)OC(=O)Cc1cc(Cl)ccc1OC. The lowest BCUT2D eigenvalue weighted by Crippen LogP contribution is -2.31. The molecule has 2 aromatic carbocycles. The number of hydrogen-bond acceptors (Lipinski definition) is 4. The number of carbonyl (C=O) groups is 2. The molecule has 1 N–H and O–H groups in total. The first-order chi connectivity index (χ1) is 13.3. The Morgan fingerprint density at radius 1 is 1.14 bits per heavy atom. The molecule has 0 radical (unpaired) electrons.